The van der Waals surface area contributed by atoms with E-state index in [1.165, 1.54) is 0 Å². The van der Waals surface area contributed by atoms with Crippen molar-refractivity contribution in [3.8, 4) is 0 Å². The SMILES string of the molecule is O=C(CCC1CCCCC1)N[C@]1(C(F)(F)F)NC(=O)N(C2CCCCC2)C1=O. The first-order valence-corrected chi connectivity index (χ1v) is 10.3. The van der Waals surface area contributed by atoms with Crippen molar-refractivity contribution >= 4 is 17.8 Å². The monoisotopic (exact) mass is 403 g/mol. The van der Waals surface area contributed by atoms with Gasteiger partial charge in [0.2, 0.25) is 5.91 Å². The number of urea groups is 1. The van der Waals surface area contributed by atoms with E-state index in [4.69, 9.17) is 0 Å². The summed E-state index contributed by atoms with van der Waals surface area (Å²) in [6.07, 6.45) is 3.96. The zero-order chi connectivity index (χ0) is 20.4. The highest BCUT2D eigenvalue weighted by molar-refractivity contribution is 6.09. The number of hydrogen-bond acceptors (Lipinski definition) is 3. The molecular formula is C19H28F3N3O3. The summed E-state index contributed by atoms with van der Waals surface area (Å²) in [5.41, 5.74) is -3.36. The Morgan fingerprint density at radius 1 is 1.04 bits per heavy atom. The number of hydrogen-bond donors (Lipinski definition) is 2. The number of carbonyl (C=O) groups excluding carboxylic acids is 3. The summed E-state index contributed by atoms with van der Waals surface area (Å²) in [6, 6.07) is -1.63. The van der Waals surface area contributed by atoms with Gasteiger partial charge in [0, 0.05) is 12.5 Å². The van der Waals surface area contributed by atoms with Crippen LogP contribution in [0.4, 0.5) is 18.0 Å². The first kappa shape index (κ1) is 20.9. The average Bonchev–Trinajstić information content (AvgIpc) is 2.92. The Morgan fingerprint density at radius 2 is 1.61 bits per heavy atom. The summed E-state index contributed by atoms with van der Waals surface area (Å²) < 4.78 is 41.6. The Hall–Kier alpha value is -1.80. The minimum atomic E-state index is -5.12. The molecule has 6 nitrogen and oxygen atoms in total. The molecule has 1 saturated heterocycles. The summed E-state index contributed by atoms with van der Waals surface area (Å²) in [5.74, 6) is -1.95. The van der Waals surface area contributed by atoms with Crippen LogP contribution in [-0.4, -0.2) is 40.6 Å². The first-order valence-electron chi connectivity index (χ1n) is 10.3. The maximum atomic E-state index is 13.9. The number of rotatable bonds is 5. The molecule has 3 rings (SSSR count). The van der Waals surface area contributed by atoms with Crippen LogP contribution < -0.4 is 10.6 Å². The molecule has 0 unspecified atom stereocenters. The van der Waals surface area contributed by atoms with Gasteiger partial charge in [-0.05, 0) is 25.2 Å². The van der Waals surface area contributed by atoms with Gasteiger partial charge in [0.25, 0.3) is 11.6 Å². The Labute approximate surface area is 162 Å². The molecule has 2 aliphatic carbocycles. The first-order chi connectivity index (χ1) is 13.2. The van der Waals surface area contributed by atoms with Crippen LogP contribution in [0.25, 0.3) is 0 Å². The maximum Gasteiger partial charge on any atom is 0.440 e. The molecule has 2 saturated carbocycles. The molecule has 0 aromatic heterocycles. The zero-order valence-corrected chi connectivity index (χ0v) is 15.9. The second kappa shape index (κ2) is 8.29. The molecule has 158 valence electrons. The molecule has 0 radical (unpaired) electrons. The van der Waals surface area contributed by atoms with Crippen molar-refractivity contribution in [2.45, 2.75) is 94.9 Å². The van der Waals surface area contributed by atoms with Gasteiger partial charge in [-0.3, -0.25) is 19.8 Å². The normalized spacial score (nSPS) is 27.8. The smallest absolute Gasteiger partial charge is 0.318 e. The van der Waals surface area contributed by atoms with Crippen LogP contribution >= 0.6 is 0 Å². The van der Waals surface area contributed by atoms with Crippen LogP contribution in [0.2, 0.25) is 0 Å². The van der Waals surface area contributed by atoms with E-state index < -0.39 is 35.7 Å². The summed E-state index contributed by atoms with van der Waals surface area (Å²) in [4.78, 5) is 38.0. The van der Waals surface area contributed by atoms with E-state index in [1.807, 2.05) is 5.32 Å². The van der Waals surface area contributed by atoms with Crippen LogP contribution in [-0.2, 0) is 9.59 Å². The number of imide groups is 1. The molecule has 9 heteroatoms. The van der Waals surface area contributed by atoms with Crippen molar-refractivity contribution in [2.24, 2.45) is 5.92 Å². The van der Waals surface area contributed by atoms with Crippen molar-refractivity contribution in [3.05, 3.63) is 0 Å². The fourth-order valence-electron chi connectivity index (χ4n) is 4.65. The van der Waals surface area contributed by atoms with E-state index >= 15 is 0 Å². The summed E-state index contributed by atoms with van der Waals surface area (Å²) in [7, 11) is 0. The molecule has 1 heterocycles. The molecule has 2 N–H and O–H groups in total. The number of amides is 4. The zero-order valence-electron chi connectivity index (χ0n) is 15.9. The van der Waals surface area contributed by atoms with E-state index in [1.54, 1.807) is 5.32 Å². The molecule has 1 aliphatic heterocycles. The van der Waals surface area contributed by atoms with Gasteiger partial charge in [-0.2, -0.15) is 13.2 Å². The van der Waals surface area contributed by atoms with Gasteiger partial charge in [0.15, 0.2) is 0 Å². The molecule has 3 fully saturated rings. The lowest BCUT2D eigenvalue weighted by molar-refractivity contribution is -0.204. The van der Waals surface area contributed by atoms with Crippen LogP contribution in [0.5, 0.6) is 0 Å². The van der Waals surface area contributed by atoms with E-state index in [2.05, 4.69) is 0 Å². The molecule has 28 heavy (non-hydrogen) atoms. The third kappa shape index (κ3) is 4.12. The van der Waals surface area contributed by atoms with Crippen molar-refractivity contribution in [3.63, 3.8) is 0 Å². The largest absolute Gasteiger partial charge is 0.440 e. The fourth-order valence-corrected chi connectivity index (χ4v) is 4.65. The quantitative estimate of drug-likeness (QED) is 0.689. The third-order valence-corrected chi connectivity index (χ3v) is 6.25. The topological polar surface area (TPSA) is 78.5 Å². The minimum absolute atomic E-state index is 0.0882. The maximum absolute atomic E-state index is 13.9. The predicted octanol–water partition coefficient (Wildman–Crippen LogP) is 3.61. The Balaban J connectivity index is 1.70. The Kier molecular flexibility index (Phi) is 6.19. The van der Waals surface area contributed by atoms with Gasteiger partial charge in [-0.15, -0.1) is 0 Å². The lowest BCUT2D eigenvalue weighted by atomic mass is 9.86. The summed E-state index contributed by atoms with van der Waals surface area (Å²) in [6.45, 7) is 0. The average molecular weight is 403 g/mol. The van der Waals surface area contributed by atoms with Gasteiger partial charge < -0.3 is 5.32 Å². The van der Waals surface area contributed by atoms with E-state index in [0.29, 0.717) is 30.1 Å². The fraction of sp³-hybridized carbons (Fsp3) is 0.842. The van der Waals surface area contributed by atoms with E-state index in [9.17, 15) is 27.6 Å². The van der Waals surface area contributed by atoms with Crippen molar-refractivity contribution in [1.29, 1.82) is 0 Å². The van der Waals surface area contributed by atoms with Crippen molar-refractivity contribution in [2.75, 3.05) is 0 Å². The number of nitrogens with one attached hydrogen (secondary N) is 2. The lowest BCUT2D eigenvalue weighted by Gasteiger charge is -2.32. The van der Waals surface area contributed by atoms with Crippen molar-refractivity contribution in [1.82, 2.24) is 15.5 Å². The highest BCUT2D eigenvalue weighted by atomic mass is 19.4. The number of nitrogens with zero attached hydrogens (tertiary/aromatic N) is 1. The molecule has 3 aliphatic rings. The van der Waals surface area contributed by atoms with Crippen LogP contribution in [0.1, 0.15) is 77.0 Å². The highest BCUT2D eigenvalue weighted by Crippen LogP contribution is 2.37. The lowest BCUT2D eigenvalue weighted by Crippen LogP contribution is -2.69. The Morgan fingerprint density at radius 3 is 2.18 bits per heavy atom. The van der Waals surface area contributed by atoms with Gasteiger partial charge in [0.1, 0.15) is 0 Å². The Bertz CT molecular complexity index is 613. The summed E-state index contributed by atoms with van der Waals surface area (Å²) >= 11 is 0. The van der Waals surface area contributed by atoms with Gasteiger partial charge >= 0.3 is 12.2 Å². The second-order valence-corrected chi connectivity index (χ2v) is 8.24. The number of alkyl halides is 3. The van der Waals surface area contributed by atoms with E-state index in [-0.39, 0.29) is 6.42 Å². The standard InChI is InChI=1S/C19H28F3N3O3/c20-19(21,22)18(23-15(26)12-11-13-7-3-1-4-8-13)16(27)25(17(28)24-18)14-9-5-2-6-10-14/h13-14H,1-12H2,(H,23,26)(H,24,28)/t18-/m0/s1. The number of carbonyl (C=O) groups is 3. The van der Waals surface area contributed by atoms with Gasteiger partial charge in [0.05, 0.1) is 0 Å². The van der Waals surface area contributed by atoms with Gasteiger partial charge in [-0.1, -0.05) is 51.4 Å². The summed E-state index contributed by atoms with van der Waals surface area (Å²) in [5, 5.41) is 3.59. The van der Waals surface area contributed by atoms with Crippen LogP contribution in [0, 0.1) is 5.92 Å². The van der Waals surface area contributed by atoms with Crippen LogP contribution in [0.3, 0.4) is 0 Å². The van der Waals surface area contributed by atoms with E-state index in [0.717, 1.165) is 51.4 Å². The molecule has 1 atom stereocenters. The molecule has 0 spiro atoms. The molecule has 4 amide bonds. The molecule has 0 aromatic carbocycles. The second-order valence-electron chi connectivity index (χ2n) is 8.24. The molecule has 0 aromatic rings. The molecular weight excluding hydrogens is 375 g/mol. The van der Waals surface area contributed by atoms with Gasteiger partial charge in [-0.25, -0.2) is 4.79 Å². The minimum Gasteiger partial charge on any atom is -0.318 e. The predicted molar refractivity (Wildman–Crippen MR) is 95.0 cm³/mol. The third-order valence-electron chi connectivity index (χ3n) is 6.25. The number of halogens is 3. The molecule has 0 bridgehead atoms. The van der Waals surface area contributed by atoms with Crippen LogP contribution in [0.15, 0.2) is 0 Å². The highest BCUT2D eigenvalue weighted by Gasteiger charge is 2.69. The van der Waals surface area contributed by atoms with Crippen molar-refractivity contribution < 1.29 is 27.6 Å².